The van der Waals surface area contributed by atoms with Gasteiger partial charge in [-0.2, -0.15) is 13.2 Å². The van der Waals surface area contributed by atoms with Gasteiger partial charge in [0.2, 0.25) is 5.91 Å². The van der Waals surface area contributed by atoms with Crippen LogP contribution in [-0.2, 0) is 33.8 Å². The number of nitrogens with zero attached hydrogens (tertiary/aromatic N) is 1. The van der Waals surface area contributed by atoms with Crippen molar-refractivity contribution in [1.29, 1.82) is 0 Å². The number of sulfone groups is 1. The molecule has 1 aliphatic heterocycles. The Morgan fingerprint density at radius 3 is 2.52 bits per heavy atom. The Labute approximate surface area is 249 Å². The molecular formula is C27H29Cl2F3N4O5S. The van der Waals surface area contributed by atoms with E-state index in [1.54, 1.807) is 0 Å². The average Bonchev–Trinajstić information content (AvgIpc) is 2.91. The zero-order chi connectivity index (χ0) is 31.0. The Kier molecular flexibility index (Phi) is 9.46. The molecule has 228 valence electrons. The number of piperidine rings is 1. The fourth-order valence-electron chi connectivity index (χ4n) is 5.33. The molecule has 2 heterocycles. The number of nitrogens with one attached hydrogen (secondary N) is 3. The number of aromatic amines is 1. The molecule has 42 heavy (non-hydrogen) atoms. The SMILES string of the molecule is CCS(=O)(=O)c1ccc(Cl)cc1Cn1c(=O)[nH]c2c(Cl)c(C[C@@H](NC(C)=O)C3CCCNC3)c(C(F)(F)F)cc2c1=O. The second-order valence-electron chi connectivity index (χ2n) is 10.2. The third-order valence-corrected chi connectivity index (χ3v) is 9.89. The van der Waals surface area contributed by atoms with Crippen molar-refractivity contribution in [2.45, 2.75) is 56.8 Å². The number of hydrogen-bond acceptors (Lipinski definition) is 6. The maximum atomic E-state index is 14.4. The van der Waals surface area contributed by atoms with Crippen molar-refractivity contribution in [3.8, 4) is 0 Å². The Morgan fingerprint density at radius 1 is 1.21 bits per heavy atom. The van der Waals surface area contributed by atoms with Crippen LogP contribution < -0.4 is 21.9 Å². The van der Waals surface area contributed by atoms with Gasteiger partial charge in [-0.25, -0.2) is 13.2 Å². The van der Waals surface area contributed by atoms with Crippen LogP contribution in [0.1, 0.15) is 43.4 Å². The summed E-state index contributed by atoms with van der Waals surface area (Å²) >= 11 is 12.6. The predicted molar refractivity (Wildman–Crippen MR) is 154 cm³/mol. The highest BCUT2D eigenvalue weighted by molar-refractivity contribution is 7.91. The van der Waals surface area contributed by atoms with Crippen LogP contribution in [0.3, 0.4) is 0 Å². The Hall–Kier alpha value is -2.87. The van der Waals surface area contributed by atoms with Crippen LogP contribution in [0.4, 0.5) is 13.2 Å². The topological polar surface area (TPSA) is 130 Å². The van der Waals surface area contributed by atoms with E-state index >= 15 is 0 Å². The van der Waals surface area contributed by atoms with Crippen LogP contribution in [0.5, 0.6) is 0 Å². The highest BCUT2D eigenvalue weighted by atomic mass is 35.5. The van der Waals surface area contributed by atoms with Crippen molar-refractivity contribution >= 4 is 49.8 Å². The molecule has 1 unspecified atom stereocenters. The normalized spacial score (nSPS) is 16.9. The summed E-state index contributed by atoms with van der Waals surface area (Å²) in [5.41, 5.74) is -3.90. The number of hydrogen-bond donors (Lipinski definition) is 3. The molecule has 15 heteroatoms. The lowest BCUT2D eigenvalue weighted by Crippen LogP contribution is -2.47. The molecule has 0 spiro atoms. The summed E-state index contributed by atoms with van der Waals surface area (Å²) < 4.78 is 69.1. The van der Waals surface area contributed by atoms with Gasteiger partial charge in [0.15, 0.2) is 9.84 Å². The van der Waals surface area contributed by atoms with Crippen LogP contribution in [0.15, 0.2) is 38.8 Å². The fraction of sp³-hybridized carbons (Fsp3) is 0.444. The molecule has 1 amide bonds. The van der Waals surface area contributed by atoms with Crippen molar-refractivity contribution in [2.24, 2.45) is 5.92 Å². The van der Waals surface area contributed by atoms with E-state index in [1.807, 2.05) is 0 Å². The van der Waals surface area contributed by atoms with E-state index in [2.05, 4.69) is 15.6 Å². The molecule has 1 saturated heterocycles. The molecule has 3 N–H and O–H groups in total. The van der Waals surface area contributed by atoms with Crippen molar-refractivity contribution in [1.82, 2.24) is 20.2 Å². The van der Waals surface area contributed by atoms with Gasteiger partial charge in [-0.1, -0.05) is 30.1 Å². The molecule has 3 aromatic rings. The molecule has 4 rings (SSSR count). The van der Waals surface area contributed by atoms with Gasteiger partial charge in [-0.3, -0.25) is 14.2 Å². The maximum Gasteiger partial charge on any atom is 0.416 e. The summed E-state index contributed by atoms with van der Waals surface area (Å²) in [4.78, 5) is 40.8. The quantitative estimate of drug-likeness (QED) is 0.340. The molecule has 0 radical (unpaired) electrons. The molecule has 2 aromatic carbocycles. The maximum absolute atomic E-state index is 14.4. The number of benzene rings is 2. The predicted octanol–water partition coefficient (Wildman–Crippen LogP) is 3.90. The molecule has 0 bridgehead atoms. The minimum atomic E-state index is -4.93. The molecule has 1 fully saturated rings. The minimum absolute atomic E-state index is 0.0225. The number of amides is 1. The molecule has 9 nitrogen and oxygen atoms in total. The van der Waals surface area contributed by atoms with Gasteiger partial charge in [0, 0.05) is 18.0 Å². The zero-order valence-electron chi connectivity index (χ0n) is 22.7. The summed E-state index contributed by atoms with van der Waals surface area (Å²) in [5, 5.41) is 5.09. The zero-order valence-corrected chi connectivity index (χ0v) is 25.0. The van der Waals surface area contributed by atoms with E-state index in [-0.39, 0.29) is 44.7 Å². The number of fused-ring (bicyclic) bond motifs is 1. The monoisotopic (exact) mass is 648 g/mol. The van der Waals surface area contributed by atoms with E-state index in [1.165, 1.54) is 32.0 Å². The summed E-state index contributed by atoms with van der Waals surface area (Å²) in [6, 6.07) is 3.81. The van der Waals surface area contributed by atoms with E-state index in [0.717, 1.165) is 13.0 Å². The largest absolute Gasteiger partial charge is 0.416 e. The van der Waals surface area contributed by atoms with Gasteiger partial charge in [0.1, 0.15) is 0 Å². The molecule has 1 aliphatic rings. The van der Waals surface area contributed by atoms with E-state index < -0.39 is 61.7 Å². The molecule has 0 saturated carbocycles. The lowest BCUT2D eigenvalue weighted by Gasteiger charge is -2.32. The third kappa shape index (κ3) is 6.69. The van der Waals surface area contributed by atoms with Crippen molar-refractivity contribution in [3.63, 3.8) is 0 Å². The average molecular weight is 650 g/mol. The van der Waals surface area contributed by atoms with E-state index in [0.29, 0.717) is 23.6 Å². The highest BCUT2D eigenvalue weighted by Crippen LogP contribution is 2.39. The van der Waals surface area contributed by atoms with Crippen molar-refractivity contribution in [3.05, 3.63) is 71.8 Å². The molecular weight excluding hydrogens is 620 g/mol. The lowest BCUT2D eigenvalue weighted by molar-refractivity contribution is -0.138. The van der Waals surface area contributed by atoms with Gasteiger partial charge >= 0.3 is 11.9 Å². The number of carbonyl (C=O) groups is 1. The standard InChI is InChI=1S/C27H29Cl2F3N4O5S/c1-3-42(40,41)22-7-6-17(28)9-16(22)13-36-25(38)19-10-20(27(30,31)32)18(23(29)24(19)35-26(36)39)11-21(34-14(2)37)15-5-4-8-33-12-15/h6-7,9-10,15,21,33H,3-5,8,11-13H2,1-2H3,(H,34,37)(H,35,39)/t15?,21-/m1/s1. The molecule has 0 aliphatic carbocycles. The number of halogens is 5. The minimum Gasteiger partial charge on any atom is -0.353 e. The van der Waals surface area contributed by atoms with Gasteiger partial charge in [0.05, 0.1) is 38.7 Å². The first-order valence-electron chi connectivity index (χ1n) is 13.2. The van der Waals surface area contributed by atoms with E-state index in [4.69, 9.17) is 23.2 Å². The van der Waals surface area contributed by atoms with Gasteiger partial charge in [-0.05, 0) is 73.7 Å². The highest BCUT2D eigenvalue weighted by Gasteiger charge is 2.38. The summed E-state index contributed by atoms with van der Waals surface area (Å²) in [6.07, 6.45) is -3.77. The first-order valence-corrected chi connectivity index (χ1v) is 15.6. The summed E-state index contributed by atoms with van der Waals surface area (Å²) in [7, 11) is -3.79. The second kappa shape index (κ2) is 12.4. The van der Waals surface area contributed by atoms with E-state index in [9.17, 15) is 36.0 Å². The smallest absolute Gasteiger partial charge is 0.353 e. The van der Waals surface area contributed by atoms with Crippen LogP contribution in [-0.4, -0.2) is 48.8 Å². The van der Waals surface area contributed by atoms with Crippen molar-refractivity contribution in [2.75, 3.05) is 18.8 Å². The number of carbonyl (C=O) groups excluding carboxylic acids is 1. The van der Waals surface area contributed by atoms with Crippen LogP contribution in [0, 0.1) is 5.92 Å². The first-order chi connectivity index (χ1) is 19.6. The van der Waals surface area contributed by atoms with Gasteiger partial charge < -0.3 is 15.6 Å². The number of alkyl halides is 3. The molecule has 2 atom stereocenters. The fourth-order valence-corrected chi connectivity index (χ4v) is 6.96. The van der Waals surface area contributed by atoms with Crippen LogP contribution >= 0.6 is 23.2 Å². The first kappa shape index (κ1) is 32.1. The van der Waals surface area contributed by atoms with Crippen LogP contribution in [0.2, 0.25) is 10.0 Å². The summed E-state index contributed by atoms with van der Waals surface area (Å²) in [5.74, 6) is -0.861. The number of aromatic nitrogens is 2. The second-order valence-corrected chi connectivity index (χ2v) is 13.3. The van der Waals surface area contributed by atoms with Gasteiger partial charge in [-0.15, -0.1) is 0 Å². The Balaban J connectivity index is 1.89. The third-order valence-electron chi connectivity index (χ3n) is 7.41. The van der Waals surface area contributed by atoms with Crippen molar-refractivity contribution < 1.29 is 26.4 Å². The number of H-pyrrole nitrogens is 1. The Bertz CT molecular complexity index is 1750. The lowest BCUT2D eigenvalue weighted by atomic mass is 9.86. The molecule has 1 aromatic heterocycles. The van der Waals surface area contributed by atoms with Crippen LogP contribution in [0.25, 0.3) is 10.9 Å². The summed E-state index contributed by atoms with van der Waals surface area (Å²) in [6.45, 7) is 3.36. The number of rotatable bonds is 8. The Morgan fingerprint density at radius 2 is 1.93 bits per heavy atom. The van der Waals surface area contributed by atoms with Gasteiger partial charge in [0.25, 0.3) is 5.56 Å².